The number of Topliss-reactive ketones (excluding diaryl/α,β-unsaturated/α-hetero) is 1. The summed E-state index contributed by atoms with van der Waals surface area (Å²) in [6.45, 7) is 2.84. The zero-order valence-electron chi connectivity index (χ0n) is 13.1. The molecule has 0 radical (unpaired) electrons. The molecule has 0 bridgehead atoms. The van der Waals surface area contributed by atoms with Gasteiger partial charge in [-0.3, -0.25) is 9.48 Å². The molecule has 0 fully saturated rings. The predicted octanol–water partition coefficient (Wildman–Crippen LogP) is 2.24. The molecule has 0 unspecified atom stereocenters. The zero-order chi connectivity index (χ0) is 16.0. The van der Waals surface area contributed by atoms with E-state index in [1.54, 1.807) is 0 Å². The van der Waals surface area contributed by atoms with Gasteiger partial charge in [-0.2, -0.15) is 10.1 Å². The number of allylic oxidation sites excluding steroid dienone is 2. The molecule has 120 valence electrons. The minimum Gasteiger partial charge on any atom is -0.328 e. The van der Waals surface area contributed by atoms with Crippen LogP contribution >= 0.6 is 11.8 Å². The zero-order valence-corrected chi connectivity index (χ0v) is 13.9. The number of carbonyl (C=O) groups excluding carboxylic acids is 1. The molecule has 4 rings (SSSR count). The van der Waals surface area contributed by atoms with E-state index in [2.05, 4.69) is 20.5 Å². The maximum absolute atomic E-state index is 12.6. The lowest BCUT2D eigenvalue weighted by Gasteiger charge is -2.31. The van der Waals surface area contributed by atoms with Crippen LogP contribution in [0, 0.1) is 0 Å². The number of fused-ring (bicyclic) bond motifs is 1. The first-order chi connectivity index (χ1) is 11.2. The van der Waals surface area contributed by atoms with E-state index in [0.717, 1.165) is 36.2 Å². The highest BCUT2D eigenvalue weighted by molar-refractivity contribution is 7.98. The van der Waals surface area contributed by atoms with Gasteiger partial charge in [0.25, 0.3) is 0 Å². The Labute approximate surface area is 138 Å². The monoisotopic (exact) mass is 330 g/mol. The molecule has 1 aliphatic carbocycles. The normalized spacial score (nSPS) is 20.3. The van der Waals surface area contributed by atoms with Gasteiger partial charge >= 0.3 is 0 Å². The summed E-state index contributed by atoms with van der Waals surface area (Å²) in [6, 6.07) is -0.234. The number of hydrogen-bond acceptors (Lipinski definition) is 6. The topological polar surface area (TPSA) is 77.6 Å². The lowest BCUT2D eigenvalue weighted by atomic mass is 9.86. The van der Waals surface area contributed by atoms with Crippen molar-refractivity contribution in [2.24, 2.45) is 0 Å². The number of rotatable bonds is 3. The second kappa shape index (κ2) is 5.52. The number of hydrogen-bond donors (Lipinski definition) is 1. The molecule has 1 N–H and O–H groups in total. The summed E-state index contributed by atoms with van der Waals surface area (Å²) >= 11 is 1.50. The predicted molar refractivity (Wildman–Crippen MR) is 87.3 cm³/mol. The first kappa shape index (κ1) is 14.5. The van der Waals surface area contributed by atoms with Crippen molar-refractivity contribution in [2.45, 2.75) is 43.9 Å². The van der Waals surface area contributed by atoms with Crippen molar-refractivity contribution < 1.29 is 4.79 Å². The molecule has 0 aromatic carbocycles. The molecule has 1 aliphatic heterocycles. The van der Waals surface area contributed by atoms with E-state index < -0.39 is 0 Å². The summed E-state index contributed by atoms with van der Waals surface area (Å²) in [5.41, 5.74) is 2.79. The van der Waals surface area contributed by atoms with E-state index in [1.165, 1.54) is 11.8 Å². The molecule has 8 heteroatoms. The van der Waals surface area contributed by atoms with Crippen LogP contribution in [0.25, 0.3) is 0 Å². The number of nitrogens with zero attached hydrogens (tertiary/aromatic N) is 5. The summed E-state index contributed by atoms with van der Waals surface area (Å²) < 4.78 is 3.70. The highest BCUT2D eigenvalue weighted by Gasteiger charge is 2.37. The van der Waals surface area contributed by atoms with Gasteiger partial charge in [0.15, 0.2) is 5.78 Å². The van der Waals surface area contributed by atoms with Crippen LogP contribution in [-0.2, 0) is 11.3 Å². The Morgan fingerprint density at radius 3 is 3.04 bits per heavy atom. The molecule has 2 aliphatic rings. The number of carbonyl (C=O) groups is 1. The molecule has 0 saturated heterocycles. The van der Waals surface area contributed by atoms with E-state index in [1.807, 2.05) is 34.9 Å². The first-order valence-electron chi connectivity index (χ1n) is 7.77. The van der Waals surface area contributed by atoms with Crippen molar-refractivity contribution >= 4 is 23.5 Å². The Kier molecular flexibility index (Phi) is 3.48. The van der Waals surface area contributed by atoms with Crippen LogP contribution in [0.5, 0.6) is 0 Å². The van der Waals surface area contributed by atoms with E-state index >= 15 is 0 Å². The van der Waals surface area contributed by atoms with Crippen molar-refractivity contribution in [3.05, 3.63) is 29.2 Å². The highest BCUT2D eigenvalue weighted by Crippen LogP contribution is 2.40. The molecule has 0 saturated carbocycles. The van der Waals surface area contributed by atoms with E-state index in [-0.39, 0.29) is 11.8 Å². The summed E-state index contributed by atoms with van der Waals surface area (Å²) in [5.74, 6) is 0.900. The van der Waals surface area contributed by atoms with Crippen LogP contribution in [-0.4, -0.2) is 36.6 Å². The third kappa shape index (κ3) is 2.28. The average molecular weight is 330 g/mol. The van der Waals surface area contributed by atoms with Crippen LogP contribution in [0.3, 0.4) is 0 Å². The molecular weight excluding hydrogens is 312 g/mol. The van der Waals surface area contributed by atoms with Crippen LogP contribution in [0.1, 0.15) is 37.8 Å². The van der Waals surface area contributed by atoms with Gasteiger partial charge in [0, 0.05) is 36.0 Å². The third-order valence-corrected chi connectivity index (χ3v) is 4.86. The lowest BCUT2D eigenvalue weighted by Crippen LogP contribution is -2.31. The van der Waals surface area contributed by atoms with Crippen LogP contribution in [0.2, 0.25) is 0 Å². The number of aryl methyl sites for hydroxylation is 1. The molecular formula is C15H18N6OS. The smallest absolute Gasteiger partial charge is 0.227 e. The summed E-state index contributed by atoms with van der Waals surface area (Å²) in [4.78, 5) is 17.1. The maximum Gasteiger partial charge on any atom is 0.227 e. The van der Waals surface area contributed by atoms with Crippen LogP contribution < -0.4 is 5.32 Å². The van der Waals surface area contributed by atoms with Gasteiger partial charge in [-0.15, -0.1) is 5.10 Å². The van der Waals surface area contributed by atoms with Crippen LogP contribution in [0.15, 0.2) is 28.8 Å². The third-order valence-electron chi connectivity index (χ3n) is 4.32. The number of nitrogens with one attached hydrogen (secondary N) is 1. The molecule has 23 heavy (non-hydrogen) atoms. The second-order valence-electron chi connectivity index (χ2n) is 5.69. The van der Waals surface area contributed by atoms with Crippen molar-refractivity contribution in [1.82, 2.24) is 24.5 Å². The van der Waals surface area contributed by atoms with Gasteiger partial charge in [-0.1, -0.05) is 11.8 Å². The Hall–Kier alpha value is -2.09. The fraction of sp³-hybridized carbons (Fsp3) is 0.467. The SMILES string of the molecule is CCn1cc([C@@H]2C3=C(CCCC3=O)Nc3nc(SC)nn32)cn1. The summed E-state index contributed by atoms with van der Waals surface area (Å²) in [7, 11) is 0. The quantitative estimate of drug-likeness (QED) is 0.870. The fourth-order valence-corrected chi connectivity index (χ4v) is 3.57. The molecule has 3 heterocycles. The van der Waals surface area contributed by atoms with Crippen molar-refractivity contribution in [3.63, 3.8) is 0 Å². The number of aromatic nitrogens is 5. The molecule has 2 aromatic rings. The van der Waals surface area contributed by atoms with Crippen molar-refractivity contribution in [1.29, 1.82) is 0 Å². The van der Waals surface area contributed by atoms with Gasteiger partial charge in [-0.25, -0.2) is 4.68 Å². The molecule has 2 aromatic heterocycles. The van der Waals surface area contributed by atoms with Gasteiger partial charge in [0.05, 0.1) is 6.20 Å². The minimum absolute atomic E-state index is 0.194. The van der Waals surface area contributed by atoms with E-state index in [0.29, 0.717) is 17.5 Å². The van der Waals surface area contributed by atoms with Crippen molar-refractivity contribution in [2.75, 3.05) is 11.6 Å². The lowest BCUT2D eigenvalue weighted by molar-refractivity contribution is -0.116. The molecule has 0 amide bonds. The number of ketones is 1. The Morgan fingerprint density at radius 1 is 1.43 bits per heavy atom. The minimum atomic E-state index is -0.234. The van der Waals surface area contributed by atoms with Gasteiger partial charge in [0.2, 0.25) is 11.1 Å². The second-order valence-corrected chi connectivity index (χ2v) is 6.47. The van der Waals surface area contributed by atoms with Gasteiger partial charge < -0.3 is 5.32 Å². The summed E-state index contributed by atoms with van der Waals surface area (Å²) in [5, 5.41) is 13.0. The summed E-state index contributed by atoms with van der Waals surface area (Å²) in [6.07, 6.45) is 8.13. The first-order valence-corrected chi connectivity index (χ1v) is 9.00. The number of anilines is 1. The van der Waals surface area contributed by atoms with E-state index in [4.69, 9.17) is 0 Å². The molecule has 0 spiro atoms. The fourth-order valence-electron chi connectivity index (χ4n) is 3.22. The van der Waals surface area contributed by atoms with Gasteiger partial charge in [0.1, 0.15) is 6.04 Å². The Morgan fingerprint density at radius 2 is 2.30 bits per heavy atom. The molecule has 1 atom stereocenters. The average Bonchev–Trinajstić information content (AvgIpc) is 3.19. The largest absolute Gasteiger partial charge is 0.328 e. The Bertz CT molecular complexity index is 805. The Balaban J connectivity index is 1.88. The van der Waals surface area contributed by atoms with Crippen LogP contribution in [0.4, 0.5) is 5.95 Å². The number of thioether (sulfide) groups is 1. The standard InChI is InChI=1S/C15H18N6OS/c1-3-20-8-9(7-16-20)13-12-10(5-4-6-11(12)22)17-14-18-15(23-2)19-21(13)14/h7-8,13H,3-6H2,1-2H3,(H,17,18,19)/t13-/m1/s1. The van der Waals surface area contributed by atoms with Gasteiger partial charge in [-0.05, 0) is 26.0 Å². The highest BCUT2D eigenvalue weighted by atomic mass is 32.2. The van der Waals surface area contributed by atoms with E-state index in [9.17, 15) is 4.79 Å². The maximum atomic E-state index is 12.6. The van der Waals surface area contributed by atoms with Crippen molar-refractivity contribution in [3.8, 4) is 0 Å². The molecule has 7 nitrogen and oxygen atoms in total.